The zero-order chi connectivity index (χ0) is 18.0. The minimum Gasteiger partial charge on any atom is -0.393 e. The van der Waals surface area contributed by atoms with Crippen molar-refractivity contribution in [1.82, 2.24) is 10.3 Å². The fraction of sp³-hybridized carbons (Fsp3) is 0.524. The molecule has 1 aliphatic heterocycles. The highest BCUT2D eigenvalue weighted by molar-refractivity contribution is 8.00. The number of carbonyl (C=O) groups excluding carboxylic acids is 1. The number of pyridine rings is 1. The van der Waals surface area contributed by atoms with Crippen LogP contribution in [-0.4, -0.2) is 39.6 Å². The Bertz CT molecular complexity index is 695. The van der Waals surface area contributed by atoms with E-state index >= 15 is 0 Å². The quantitative estimate of drug-likeness (QED) is 0.854. The van der Waals surface area contributed by atoms with Crippen LogP contribution in [0.1, 0.15) is 36.2 Å². The van der Waals surface area contributed by atoms with Gasteiger partial charge in [-0.2, -0.15) is 11.8 Å². The van der Waals surface area contributed by atoms with E-state index in [0.29, 0.717) is 29.3 Å². The molecule has 1 aromatic heterocycles. The number of amides is 1. The maximum absolute atomic E-state index is 12.5. The van der Waals surface area contributed by atoms with Crippen molar-refractivity contribution < 1.29 is 9.90 Å². The third-order valence-corrected chi connectivity index (χ3v) is 7.70. The third kappa shape index (κ3) is 3.47. The summed E-state index contributed by atoms with van der Waals surface area (Å²) in [7, 11) is 0. The highest BCUT2D eigenvalue weighted by atomic mass is 32.2. The molecule has 2 heterocycles. The number of rotatable bonds is 4. The molecule has 0 spiro atoms. The number of nitrogens with one attached hydrogen (secondary N) is 1. The number of nitrogens with zero attached hydrogens (tertiary/aromatic N) is 1. The normalized spacial score (nSPS) is 35.9. The molecular formula is C21H26N2O2S. The van der Waals surface area contributed by atoms with Gasteiger partial charge < -0.3 is 10.4 Å². The highest BCUT2D eigenvalue weighted by Crippen LogP contribution is 2.53. The summed E-state index contributed by atoms with van der Waals surface area (Å²) in [6.07, 6.45) is 14.0. The van der Waals surface area contributed by atoms with Crippen LogP contribution in [0.2, 0.25) is 0 Å². The Kier molecular flexibility index (Phi) is 5.18. The van der Waals surface area contributed by atoms with Gasteiger partial charge in [0.15, 0.2) is 0 Å². The molecule has 3 unspecified atom stereocenters. The van der Waals surface area contributed by atoms with Crippen LogP contribution in [-0.2, 0) is 0 Å². The lowest BCUT2D eigenvalue weighted by atomic mass is 9.61. The molecule has 0 aromatic carbocycles. The van der Waals surface area contributed by atoms with Crippen molar-refractivity contribution in [2.45, 2.75) is 37.0 Å². The number of carbonyl (C=O) groups is 1. The molecule has 2 N–H and O–H groups in total. The number of aliphatic hydroxyl groups is 1. The maximum atomic E-state index is 12.5. The van der Waals surface area contributed by atoms with Gasteiger partial charge in [0.2, 0.25) is 0 Å². The van der Waals surface area contributed by atoms with Gasteiger partial charge in [-0.25, -0.2) is 0 Å². The molecule has 26 heavy (non-hydrogen) atoms. The lowest BCUT2D eigenvalue weighted by Gasteiger charge is -2.45. The van der Waals surface area contributed by atoms with Crippen molar-refractivity contribution in [3.63, 3.8) is 0 Å². The van der Waals surface area contributed by atoms with Crippen LogP contribution in [0, 0.1) is 17.3 Å². The number of hydrogen-bond donors (Lipinski definition) is 2. The van der Waals surface area contributed by atoms with E-state index in [4.69, 9.17) is 0 Å². The molecule has 0 bridgehead atoms. The van der Waals surface area contributed by atoms with Gasteiger partial charge in [0.25, 0.3) is 5.91 Å². The summed E-state index contributed by atoms with van der Waals surface area (Å²) in [5, 5.41) is 13.8. The van der Waals surface area contributed by atoms with Gasteiger partial charge >= 0.3 is 0 Å². The van der Waals surface area contributed by atoms with E-state index in [-0.39, 0.29) is 17.4 Å². The minimum atomic E-state index is -0.193. The highest BCUT2D eigenvalue weighted by Gasteiger charge is 2.49. The van der Waals surface area contributed by atoms with Crippen molar-refractivity contribution in [2.75, 3.05) is 12.3 Å². The van der Waals surface area contributed by atoms with Gasteiger partial charge in [-0.05, 0) is 60.8 Å². The predicted molar refractivity (Wildman–Crippen MR) is 105 cm³/mol. The number of allylic oxidation sites excluding steroid dienone is 3. The Morgan fingerprint density at radius 3 is 2.85 bits per heavy atom. The minimum absolute atomic E-state index is 0.0611. The number of hydrogen-bond acceptors (Lipinski definition) is 4. The Morgan fingerprint density at radius 1 is 1.27 bits per heavy atom. The van der Waals surface area contributed by atoms with Crippen LogP contribution in [0.4, 0.5) is 0 Å². The molecule has 4 rings (SSSR count). The second-order valence-corrected chi connectivity index (χ2v) is 8.95. The van der Waals surface area contributed by atoms with Crippen molar-refractivity contribution in [1.29, 1.82) is 0 Å². The molecular weight excluding hydrogens is 344 g/mol. The number of aromatic nitrogens is 1. The molecule has 2 fully saturated rings. The van der Waals surface area contributed by atoms with Crippen molar-refractivity contribution in [3.05, 3.63) is 54.4 Å². The van der Waals surface area contributed by atoms with E-state index in [1.54, 1.807) is 12.3 Å². The number of fused-ring (bicyclic) bond motifs is 1. The molecule has 1 saturated carbocycles. The number of thioether (sulfide) groups is 1. The van der Waals surface area contributed by atoms with E-state index in [0.717, 1.165) is 31.4 Å². The molecule has 4 nitrogen and oxygen atoms in total. The van der Waals surface area contributed by atoms with Gasteiger partial charge in [-0.3, -0.25) is 9.78 Å². The molecule has 3 aliphatic rings. The summed E-state index contributed by atoms with van der Waals surface area (Å²) in [6, 6.07) is 5.41. The zero-order valence-corrected chi connectivity index (χ0v) is 15.7. The second-order valence-electron chi connectivity index (χ2n) is 7.74. The lowest BCUT2D eigenvalue weighted by Crippen LogP contribution is -2.48. The maximum Gasteiger partial charge on any atom is 0.269 e. The molecule has 5 heteroatoms. The first-order valence-corrected chi connectivity index (χ1v) is 10.6. The molecule has 1 saturated heterocycles. The fourth-order valence-electron chi connectivity index (χ4n) is 4.74. The Labute approximate surface area is 159 Å². The molecule has 1 aromatic rings. The van der Waals surface area contributed by atoms with E-state index in [1.807, 2.05) is 23.9 Å². The summed E-state index contributed by atoms with van der Waals surface area (Å²) in [4.78, 5) is 16.7. The Hall–Kier alpha value is -1.59. The fourth-order valence-corrected chi connectivity index (χ4v) is 6.45. The van der Waals surface area contributed by atoms with Crippen LogP contribution >= 0.6 is 11.8 Å². The first-order valence-electron chi connectivity index (χ1n) is 9.52. The van der Waals surface area contributed by atoms with Crippen LogP contribution in [0.5, 0.6) is 0 Å². The lowest BCUT2D eigenvalue weighted by molar-refractivity contribution is 0.0215. The second kappa shape index (κ2) is 7.57. The van der Waals surface area contributed by atoms with Crippen LogP contribution < -0.4 is 5.32 Å². The van der Waals surface area contributed by atoms with E-state index < -0.39 is 0 Å². The van der Waals surface area contributed by atoms with Gasteiger partial charge in [0, 0.05) is 18.0 Å². The molecule has 138 valence electrons. The SMILES string of the molecule is O=C(NCC1(C2CSC3C=CC=CC32)CCC(O)CC1)c1ccccn1. The van der Waals surface area contributed by atoms with Crippen LogP contribution in [0.3, 0.4) is 0 Å². The smallest absolute Gasteiger partial charge is 0.269 e. The summed E-state index contributed by atoms with van der Waals surface area (Å²) >= 11 is 2.03. The summed E-state index contributed by atoms with van der Waals surface area (Å²) < 4.78 is 0. The largest absolute Gasteiger partial charge is 0.393 e. The van der Waals surface area contributed by atoms with E-state index in [1.165, 1.54) is 0 Å². The topological polar surface area (TPSA) is 62.2 Å². The van der Waals surface area contributed by atoms with Gasteiger partial charge in [0.05, 0.1) is 6.10 Å². The molecule has 0 radical (unpaired) electrons. The van der Waals surface area contributed by atoms with E-state index in [9.17, 15) is 9.90 Å². The standard InChI is InChI=1S/C21H26N2O2S/c24-15-8-10-21(11-9-15,14-23-20(25)18-6-3-4-12-22-18)17-13-26-19-7-2-1-5-16(17)19/h1-7,12,15-17,19,24H,8-11,13-14H2,(H,23,25). The third-order valence-electron chi connectivity index (χ3n) is 6.29. The monoisotopic (exact) mass is 370 g/mol. The first-order chi connectivity index (χ1) is 12.7. The van der Waals surface area contributed by atoms with Crippen molar-refractivity contribution in [3.8, 4) is 0 Å². The van der Waals surface area contributed by atoms with Crippen LogP contribution in [0.15, 0.2) is 48.7 Å². The zero-order valence-electron chi connectivity index (χ0n) is 14.9. The Balaban J connectivity index is 1.52. The number of aliphatic hydroxyl groups excluding tert-OH is 1. The van der Waals surface area contributed by atoms with Gasteiger partial charge in [-0.1, -0.05) is 30.4 Å². The molecule has 3 atom stereocenters. The molecule has 1 amide bonds. The van der Waals surface area contributed by atoms with Crippen molar-refractivity contribution >= 4 is 17.7 Å². The van der Waals surface area contributed by atoms with Crippen molar-refractivity contribution in [2.24, 2.45) is 17.3 Å². The summed E-state index contributed by atoms with van der Waals surface area (Å²) in [6.45, 7) is 0.668. The van der Waals surface area contributed by atoms with Gasteiger partial charge in [0.1, 0.15) is 5.69 Å². The van der Waals surface area contributed by atoms with E-state index in [2.05, 4.69) is 34.6 Å². The predicted octanol–water partition coefficient (Wildman–Crippen LogP) is 3.21. The summed E-state index contributed by atoms with van der Waals surface area (Å²) in [5.41, 5.74) is 0.531. The van der Waals surface area contributed by atoms with Gasteiger partial charge in [-0.15, -0.1) is 0 Å². The average molecular weight is 371 g/mol. The molecule has 2 aliphatic carbocycles. The Morgan fingerprint density at radius 2 is 2.08 bits per heavy atom. The first kappa shape index (κ1) is 17.8. The summed E-state index contributed by atoms with van der Waals surface area (Å²) in [5.74, 6) is 2.10. The van der Waals surface area contributed by atoms with Crippen LogP contribution in [0.25, 0.3) is 0 Å². The average Bonchev–Trinajstić information content (AvgIpc) is 3.13.